The molecule has 2 aromatic heterocycles. The number of fused-ring (bicyclic) bond motifs is 1. The van der Waals surface area contributed by atoms with Gasteiger partial charge in [0.25, 0.3) is 0 Å². The van der Waals surface area contributed by atoms with Gasteiger partial charge in [0.05, 0.1) is 5.69 Å². The number of nitrogens with zero attached hydrogens (tertiary/aromatic N) is 4. The summed E-state index contributed by atoms with van der Waals surface area (Å²) in [5.41, 5.74) is 7.87. The van der Waals surface area contributed by atoms with E-state index < -0.39 is 0 Å². The van der Waals surface area contributed by atoms with Crippen LogP contribution < -0.4 is 5.73 Å². The minimum Gasteiger partial charge on any atom is -0.329 e. The second kappa shape index (κ2) is 4.89. The smallest absolute Gasteiger partial charge is 0.177 e. The fourth-order valence-electron chi connectivity index (χ4n) is 3.14. The van der Waals surface area contributed by atoms with Crippen LogP contribution in [0.3, 0.4) is 0 Å². The number of hydrogen-bond donors (Lipinski definition) is 1. The largest absolute Gasteiger partial charge is 0.329 e. The Morgan fingerprint density at radius 3 is 2.58 bits per heavy atom. The van der Waals surface area contributed by atoms with E-state index in [-0.39, 0.29) is 5.41 Å². The lowest BCUT2D eigenvalue weighted by Gasteiger charge is -2.28. The minimum absolute atomic E-state index is 0.0449. The van der Waals surface area contributed by atoms with Gasteiger partial charge in [-0.25, -0.2) is 0 Å². The van der Waals surface area contributed by atoms with E-state index in [1.165, 1.54) is 25.7 Å². The second-order valence-corrected chi connectivity index (χ2v) is 5.67. The molecular weight excluding hydrogens is 238 g/mol. The third-order valence-corrected chi connectivity index (χ3v) is 4.32. The number of nitrogens with two attached hydrogens (primary N) is 1. The Morgan fingerprint density at radius 2 is 1.89 bits per heavy atom. The number of aryl methyl sites for hydroxylation is 1. The highest BCUT2D eigenvalue weighted by atomic mass is 15.4. The zero-order valence-corrected chi connectivity index (χ0v) is 11.5. The first kappa shape index (κ1) is 12.5. The maximum absolute atomic E-state index is 6.12. The SMILES string of the molecule is Cc1ccc2nnc(C3(CN)CCCCCC3)n2n1. The Balaban J connectivity index is 2.12. The van der Waals surface area contributed by atoms with Crippen LogP contribution >= 0.6 is 0 Å². The molecule has 2 N–H and O–H groups in total. The Hall–Kier alpha value is -1.49. The predicted molar refractivity (Wildman–Crippen MR) is 74.0 cm³/mol. The van der Waals surface area contributed by atoms with Crippen LogP contribution in [-0.4, -0.2) is 26.4 Å². The van der Waals surface area contributed by atoms with Crippen LogP contribution in [-0.2, 0) is 5.41 Å². The molecule has 2 heterocycles. The van der Waals surface area contributed by atoms with Crippen molar-refractivity contribution in [3.63, 3.8) is 0 Å². The van der Waals surface area contributed by atoms with Gasteiger partial charge >= 0.3 is 0 Å². The Morgan fingerprint density at radius 1 is 1.16 bits per heavy atom. The molecule has 1 aliphatic rings. The predicted octanol–water partition coefficient (Wildman–Crippen LogP) is 1.98. The van der Waals surface area contributed by atoms with Crippen molar-refractivity contribution in [1.82, 2.24) is 19.8 Å². The van der Waals surface area contributed by atoms with Crippen molar-refractivity contribution in [2.45, 2.75) is 50.9 Å². The highest BCUT2D eigenvalue weighted by Gasteiger charge is 2.36. The maximum atomic E-state index is 6.12. The molecule has 5 nitrogen and oxygen atoms in total. The summed E-state index contributed by atoms with van der Waals surface area (Å²) in [7, 11) is 0. The lowest BCUT2D eigenvalue weighted by molar-refractivity contribution is 0.351. The third kappa shape index (κ3) is 2.12. The molecular formula is C14H21N5. The summed E-state index contributed by atoms with van der Waals surface area (Å²) in [6.45, 7) is 2.62. The summed E-state index contributed by atoms with van der Waals surface area (Å²) in [5, 5.41) is 13.2. The van der Waals surface area contributed by atoms with Crippen LogP contribution in [0, 0.1) is 6.92 Å². The van der Waals surface area contributed by atoms with Gasteiger partial charge in [-0.05, 0) is 31.9 Å². The lowest BCUT2D eigenvalue weighted by Crippen LogP contribution is -2.37. The van der Waals surface area contributed by atoms with Crippen molar-refractivity contribution >= 4 is 5.65 Å². The molecule has 0 bridgehead atoms. The monoisotopic (exact) mass is 259 g/mol. The molecule has 0 unspecified atom stereocenters. The Labute approximate surface area is 113 Å². The molecule has 0 aromatic carbocycles. The van der Waals surface area contributed by atoms with Crippen molar-refractivity contribution in [3.05, 3.63) is 23.7 Å². The molecule has 102 valence electrons. The summed E-state index contributed by atoms with van der Waals surface area (Å²) in [5.74, 6) is 0.954. The highest BCUT2D eigenvalue weighted by Crippen LogP contribution is 2.36. The van der Waals surface area contributed by atoms with Crippen molar-refractivity contribution < 1.29 is 0 Å². The van der Waals surface area contributed by atoms with Gasteiger partial charge in [0, 0.05) is 12.0 Å². The first-order chi connectivity index (χ1) is 9.25. The molecule has 5 heteroatoms. The summed E-state index contributed by atoms with van der Waals surface area (Å²) >= 11 is 0. The molecule has 0 radical (unpaired) electrons. The summed E-state index contributed by atoms with van der Waals surface area (Å²) < 4.78 is 1.90. The topological polar surface area (TPSA) is 69.1 Å². The molecule has 1 fully saturated rings. The van der Waals surface area contributed by atoms with Gasteiger partial charge < -0.3 is 5.73 Å². The number of aromatic nitrogens is 4. The van der Waals surface area contributed by atoms with Crippen LogP contribution in [0.1, 0.15) is 50.0 Å². The standard InChI is InChI=1S/C14H21N5/c1-11-6-7-12-16-17-13(19(12)18-11)14(10-15)8-4-2-3-5-9-14/h6-7H,2-5,8-10,15H2,1H3. The minimum atomic E-state index is -0.0449. The van der Waals surface area contributed by atoms with E-state index in [1.54, 1.807) is 0 Å². The second-order valence-electron chi connectivity index (χ2n) is 5.67. The van der Waals surface area contributed by atoms with Crippen molar-refractivity contribution in [1.29, 1.82) is 0 Å². The molecule has 1 saturated carbocycles. The molecule has 0 spiro atoms. The first-order valence-corrected chi connectivity index (χ1v) is 7.15. The highest BCUT2D eigenvalue weighted by molar-refractivity contribution is 5.37. The fourth-order valence-corrected chi connectivity index (χ4v) is 3.14. The van der Waals surface area contributed by atoms with Gasteiger partial charge in [-0.2, -0.15) is 9.61 Å². The molecule has 19 heavy (non-hydrogen) atoms. The number of rotatable bonds is 2. The molecule has 0 atom stereocenters. The van der Waals surface area contributed by atoms with Crippen molar-refractivity contribution in [3.8, 4) is 0 Å². The van der Waals surface area contributed by atoms with Crippen LogP contribution in [0.4, 0.5) is 0 Å². The van der Waals surface area contributed by atoms with E-state index in [4.69, 9.17) is 5.73 Å². The van der Waals surface area contributed by atoms with Gasteiger partial charge in [-0.15, -0.1) is 10.2 Å². The molecule has 1 aliphatic carbocycles. The molecule has 0 saturated heterocycles. The van der Waals surface area contributed by atoms with Crippen LogP contribution in [0.15, 0.2) is 12.1 Å². The zero-order valence-electron chi connectivity index (χ0n) is 11.5. The van der Waals surface area contributed by atoms with E-state index in [2.05, 4.69) is 15.3 Å². The molecule has 2 aromatic rings. The van der Waals surface area contributed by atoms with Gasteiger partial charge in [-0.1, -0.05) is 25.7 Å². The van der Waals surface area contributed by atoms with E-state index >= 15 is 0 Å². The van der Waals surface area contributed by atoms with E-state index in [1.807, 2.05) is 23.6 Å². The fraction of sp³-hybridized carbons (Fsp3) is 0.643. The summed E-state index contributed by atoms with van der Waals surface area (Å²) in [6, 6.07) is 3.94. The quantitative estimate of drug-likeness (QED) is 0.837. The van der Waals surface area contributed by atoms with Crippen molar-refractivity contribution in [2.24, 2.45) is 5.73 Å². The van der Waals surface area contributed by atoms with E-state index in [0.717, 1.165) is 30.0 Å². The number of hydrogen-bond acceptors (Lipinski definition) is 4. The normalized spacial score (nSPS) is 19.5. The summed E-state index contributed by atoms with van der Waals surface area (Å²) in [4.78, 5) is 0. The van der Waals surface area contributed by atoms with E-state index in [9.17, 15) is 0 Å². The van der Waals surface area contributed by atoms with E-state index in [0.29, 0.717) is 6.54 Å². The lowest BCUT2D eigenvalue weighted by atomic mass is 9.79. The summed E-state index contributed by atoms with van der Waals surface area (Å²) in [6.07, 6.45) is 7.23. The van der Waals surface area contributed by atoms with Gasteiger partial charge in [0.1, 0.15) is 0 Å². The van der Waals surface area contributed by atoms with Gasteiger partial charge in [0.15, 0.2) is 11.5 Å². The first-order valence-electron chi connectivity index (χ1n) is 7.15. The van der Waals surface area contributed by atoms with Gasteiger partial charge in [0.2, 0.25) is 0 Å². The van der Waals surface area contributed by atoms with Crippen LogP contribution in [0.5, 0.6) is 0 Å². The molecule has 0 amide bonds. The Kier molecular flexibility index (Phi) is 3.22. The average molecular weight is 259 g/mol. The molecule has 0 aliphatic heterocycles. The van der Waals surface area contributed by atoms with Crippen molar-refractivity contribution in [2.75, 3.05) is 6.54 Å². The maximum Gasteiger partial charge on any atom is 0.177 e. The average Bonchev–Trinajstić information content (AvgIpc) is 2.69. The van der Waals surface area contributed by atoms with Crippen LogP contribution in [0.2, 0.25) is 0 Å². The van der Waals surface area contributed by atoms with Crippen LogP contribution in [0.25, 0.3) is 5.65 Å². The Bertz CT molecular complexity index is 566. The zero-order chi connectivity index (χ0) is 13.3. The third-order valence-electron chi connectivity index (χ3n) is 4.32. The van der Waals surface area contributed by atoms with Gasteiger partial charge in [-0.3, -0.25) is 0 Å². The molecule has 3 rings (SSSR count).